The van der Waals surface area contributed by atoms with Gasteiger partial charge in [-0.1, -0.05) is 13.8 Å². The molecule has 0 bridgehead atoms. The Morgan fingerprint density at radius 1 is 1.20 bits per heavy atom. The van der Waals surface area contributed by atoms with Crippen molar-refractivity contribution in [1.29, 1.82) is 0 Å². The number of nitrogens with two attached hydrogens (primary N) is 1. The third-order valence-electron chi connectivity index (χ3n) is 2.77. The highest BCUT2D eigenvalue weighted by molar-refractivity contribution is 5.97. The highest BCUT2D eigenvalue weighted by Gasteiger charge is 2.17. The summed E-state index contributed by atoms with van der Waals surface area (Å²) >= 11 is 0. The van der Waals surface area contributed by atoms with Gasteiger partial charge in [-0.3, -0.25) is 9.59 Å². The molecular weight excluding hydrogens is 278 g/mol. The van der Waals surface area contributed by atoms with E-state index in [1.165, 1.54) is 0 Å². The summed E-state index contributed by atoms with van der Waals surface area (Å²) in [6.45, 7) is 6.23. The first-order chi connectivity index (χ1) is 8.95. The molecule has 1 aromatic rings. The molecule has 4 N–H and O–H groups in total. The first-order valence-electron chi connectivity index (χ1n) is 6.40. The number of nitrogens with one attached hydrogen (secondary N) is 2. The van der Waals surface area contributed by atoms with E-state index in [-0.39, 0.29) is 30.1 Å². The van der Waals surface area contributed by atoms with Crippen molar-refractivity contribution in [1.82, 2.24) is 5.32 Å². The number of halogens is 1. The molecule has 2 amide bonds. The number of rotatable bonds is 5. The summed E-state index contributed by atoms with van der Waals surface area (Å²) in [6.07, 6.45) is 0. The zero-order chi connectivity index (χ0) is 14.4. The summed E-state index contributed by atoms with van der Waals surface area (Å²) in [5.74, 6) is -0.269. The Hall–Kier alpha value is -1.59. The maximum atomic E-state index is 11.8. The minimum absolute atomic E-state index is 0. The lowest BCUT2D eigenvalue weighted by Gasteiger charge is -2.15. The molecule has 112 valence electrons. The predicted molar refractivity (Wildman–Crippen MR) is 83.1 cm³/mol. The third kappa shape index (κ3) is 5.19. The van der Waals surface area contributed by atoms with Crippen LogP contribution in [0.4, 0.5) is 5.69 Å². The van der Waals surface area contributed by atoms with Gasteiger partial charge in [0.05, 0.1) is 6.04 Å². The van der Waals surface area contributed by atoms with Crippen LogP contribution in [0.1, 0.15) is 31.1 Å². The molecule has 0 saturated heterocycles. The maximum Gasteiger partial charge on any atom is 0.251 e. The largest absolute Gasteiger partial charge is 0.352 e. The number of hydrogen-bond acceptors (Lipinski definition) is 3. The minimum Gasteiger partial charge on any atom is -0.352 e. The van der Waals surface area contributed by atoms with Crippen LogP contribution in [0.5, 0.6) is 0 Å². The Kier molecular flexibility index (Phi) is 7.87. The average molecular weight is 300 g/mol. The van der Waals surface area contributed by atoms with Gasteiger partial charge in [0.1, 0.15) is 0 Å². The van der Waals surface area contributed by atoms with Gasteiger partial charge in [0, 0.05) is 17.8 Å². The SMILES string of the molecule is CCNC(=O)c1ccc(NC(=O)C(N)C(C)C)cc1.Cl. The predicted octanol–water partition coefficient (Wildman–Crippen LogP) is 1.78. The number of anilines is 1. The summed E-state index contributed by atoms with van der Waals surface area (Å²) in [7, 11) is 0. The summed E-state index contributed by atoms with van der Waals surface area (Å²) < 4.78 is 0. The smallest absolute Gasteiger partial charge is 0.251 e. The van der Waals surface area contributed by atoms with Crippen LogP contribution >= 0.6 is 12.4 Å². The maximum absolute atomic E-state index is 11.8. The van der Waals surface area contributed by atoms with Gasteiger partial charge in [-0.05, 0) is 37.1 Å². The summed E-state index contributed by atoms with van der Waals surface area (Å²) in [4.78, 5) is 23.3. The van der Waals surface area contributed by atoms with Crippen LogP contribution in [0.25, 0.3) is 0 Å². The third-order valence-corrected chi connectivity index (χ3v) is 2.77. The van der Waals surface area contributed by atoms with E-state index < -0.39 is 6.04 Å². The van der Waals surface area contributed by atoms with Crippen molar-refractivity contribution in [2.24, 2.45) is 11.7 Å². The zero-order valence-electron chi connectivity index (χ0n) is 12.0. The topological polar surface area (TPSA) is 84.2 Å². The van der Waals surface area contributed by atoms with Crippen molar-refractivity contribution >= 4 is 29.9 Å². The Morgan fingerprint density at radius 3 is 2.20 bits per heavy atom. The van der Waals surface area contributed by atoms with Crippen LogP contribution < -0.4 is 16.4 Å². The Morgan fingerprint density at radius 2 is 1.75 bits per heavy atom. The van der Waals surface area contributed by atoms with E-state index in [1.807, 2.05) is 20.8 Å². The summed E-state index contributed by atoms with van der Waals surface area (Å²) in [5.41, 5.74) is 6.95. The molecule has 1 rings (SSSR count). The van der Waals surface area contributed by atoms with Gasteiger partial charge in [0.15, 0.2) is 0 Å². The van der Waals surface area contributed by atoms with Crippen LogP contribution in [0.3, 0.4) is 0 Å². The van der Waals surface area contributed by atoms with Crippen LogP contribution in [-0.2, 0) is 4.79 Å². The van der Waals surface area contributed by atoms with Crippen LogP contribution in [0.15, 0.2) is 24.3 Å². The zero-order valence-corrected chi connectivity index (χ0v) is 12.8. The lowest BCUT2D eigenvalue weighted by Crippen LogP contribution is -2.39. The molecule has 0 aromatic heterocycles. The van der Waals surface area contributed by atoms with Gasteiger partial charge in [0.25, 0.3) is 5.91 Å². The molecule has 0 aliphatic carbocycles. The molecule has 0 radical (unpaired) electrons. The fourth-order valence-corrected chi connectivity index (χ4v) is 1.50. The van der Waals surface area contributed by atoms with E-state index in [2.05, 4.69) is 10.6 Å². The summed E-state index contributed by atoms with van der Waals surface area (Å²) in [5, 5.41) is 5.43. The van der Waals surface area contributed by atoms with Crippen LogP contribution in [0.2, 0.25) is 0 Å². The number of carbonyl (C=O) groups is 2. The number of carbonyl (C=O) groups excluding carboxylic acids is 2. The van der Waals surface area contributed by atoms with Gasteiger partial charge >= 0.3 is 0 Å². The molecule has 20 heavy (non-hydrogen) atoms. The van der Waals surface area contributed by atoms with Crippen LogP contribution in [-0.4, -0.2) is 24.4 Å². The number of hydrogen-bond donors (Lipinski definition) is 3. The van der Waals surface area contributed by atoms with E-state index in [0.717, 1.165) is 0 Å². The number of benzene rings is 1. The van der Waals surface area contributed by atoms with E-state index >= 15 is 0 Å². The first kappa shape index (κ1) is 18.4. The lowest BCUT2D eigenvalue weighted by atomic mass is 10.0. The Balaban J connectivity index is 0.00000361. The molecular formula is C14H22ClN3O2. The van der Waals surface area contributed by atoms with Gasteiger partial charge in [-0.15, -0.1) is 12.4 Å². The monoisotopic (exact) mass is 299 g/mol. The Labute approximate surface area is 125 Å². The van der Waals surface area contributed by atoms with Crippen molar-refractivity contribution in [3.63, 3.8) is 0 Å². The van der Waals surface area contributed by atoms with Crippen molar-refractivity contribution < 1.29 is 9.59 Å². The molecule has 6 heteroatoms. The van der Waals surface area contributed by atoms with E-state index in [9.17, 15) is 9.59 Å². The fraction of sp³-hybridized carbons (Fsp3) is 0.429. The molecule has 0 aliphatic rings. The molecule has 0 aliphatic heterocycles. The van der Waals surface area contributed by atoms with Crippen molar-refractivity contribution in [3.05, 3.63) is 29.8 Å². The second-order valence-corrected chi connectivity index (χ2v) is 4.70. The van der Waals surface area contributed by atoms with E-state index in [4.69, 9.17) is 5.73 Å². The fourth-order valence-electron chi connectivity index (χ4n) is 1.50. The van der Waals surface area contributed by atoms with Crippen LogP contribution in [0, 0.1) is 5.92 Å². The second kappa shape index (κ2) is 8.55. The van der Waals surface area contributed by atoms with Gasteiger partial charge < -0.3 is 16.4 Å². The average Bonchev–Trinajstić information content (AvgIpc) is 2.38. The molecule has 1 aromatic carbocycles. The molecule has 0 saturated carbocycles. The minimum atomic E-state index is -0.539. The quantitative estimate of drug-likeness (QED) is 0.775. The highest BCUT2D eigenvalue weighted by Crippen LogP contribution is 2.11. The molecule has 1 atom stereocenters. The molecule has 0 heterocycles. The van der Waals surface area contributed by atoms with E-state index in [0.29, 0.717) is 17.8 Å². The van der Waals surface area contributed by atoms with Gasteiger partial charge in [0.2, 0.25) is 5.91 Å². The lowest BCUT2D eigenvalue weighted by molar-refractivity contribution is -0.118. The molecule has 0 spiro atoms. The van der Waals surface area contributed by atoms with E-state index in [1.54, 1.807) is 24.3 Å². The first-order valence-corrected chi connectivity index (χ1v) is 6.40. The molecule has 0 fully saturated rings. The Bertz CT molecular complexity index is 446. The highest BCUT2D eigenvalue weighted by atomic mass is 35.5. The standard InChI is InChI=1S/C14H21N3O2.ClH/c1-4-16-13(18)10-5-7-11(8-6-10)17-14(19)12(15)9(2)3;/h5-9,12H,4,15H2,1-3H3,(H,16,18)(H,17,19);1H. The normalized spacial score (nSPS) is 11.4. The number of amides is 2. The van der Waals surface area contributed by atoms with Gasteiger partial charge in [-0.25, -0.2) is 0 Å². The van der Waals surface area contributed by atoms with Crippen molar-refractivity contribution in [2.45, 2.75) is 26.8 Å². The molecule has 5 nitrogen and oxygen atoms in total. The molecule has 1 unspecified atom stereocenters. The summed E-state index contributed by atoms with van der Waals surface area (Å²) in [6, 6.07) is 6.18. The van der Waals surface area contributed by atoms with Crippen molar-refractivity contribution in [2.75, 3.05) is 11.9 Å². The second-order valence-electron chi connectivity index (χ2n) is 4.70. The van der Waals surface area contributed by atoms with Crippen molar-refractivity contribution in [3.8, 4) is 0 Å². The van der Waals surface area contributed by atoms with Gasteiger partial charge in [-0.2, -0.15) is 0 Å².